The van der Waals surface area contributed by atoms with Gasteiger partial charge in [0.05, 0.1) is 23.0 Å². The van der Waals surface area contributed by atoms with Crippen LogP contribution in [0.5, 0.6) is 0 Å². The van der Waals surface area contributed by atoms with Crippen molar-refractivity contribution in [3.8, 4) is 0 Å². The first-order valence-corrected chi connectivity index (χ1v) is 11.8. The number of carbonyl (C=O) groups excluding carboxylic acids is 1. The molecule has 0 aliphatic carbocycles. The summed E-state index contributed by atoms with van der Waals surface area (Å²) in [6, 6.07) is 7.80. The van der Waals surface area contributed by atoms with E-state index in [4.69, 9.17) is 11.6 Å². The summed E-state index contributed by atoms with van der Waals surface area (Å²) >= 11 is 7.06. The molecule has 0 bridgehead atoms. The second-order valence-electron chi connectivity index (χ2n) is 6.99. The SMILES string of the molecule is Cc1ccc(S(=O)(=O)Nc2cc(Cl)ccc2C(=O)N2CCCCC2)c2nsnc12. The van der Waals surface area contributed by atoms with E-state index < -0.39 is 10.0 Å². The summed E-state index contributed by atoms with van der Waals surface area (Å²) in [5, 5.41) is 0.335. The van der Waals surface area contributed by atoms with Crippen LogP contribution >= 0.6 is 23.3 Å². The Morgan fingerprint density at radius 1 is 1.10 bits per heavy atom. The lowest BCUT2D eigenvalue weighted by Crippen LogP contribution is -2.36. The third kappa shape index (κ3) is 3.94. The van der Waals surface area contributed by atoms with Crippen molar-refractivity contribution in [1.82, 2.24) is 13.6 Å². The van der Waals surface area contributed by atoms with Crippen molar-refractivity contribution in [2.24, 2.45) is 0 Å². The summed E-state index contributed by atoms with van der Waals surface area (Å²) in [4.78, 5) is 14.8. The Hall–Kier alpha value is -2.23. The standard InChI is InChI=1S/C19H19ClN4O3S2/c1-12-5-8-16(18-17(12)21-28-22-18)29(26,27)23-15-11-13(20)6-7-14(15)19(25)24-9-3-2-4-10-24/h5-8,11,23H,2-4,9-10H2,1H3. The van der Waals surface area contributed by atoms with Crippen molar-refractivity contribution < 1.29 is 13.2 Å². The molecule has 1 amide bonds. The average molecular weight is 451 g/mol. The van der Waals surface area contributed by atoms with Crippen LogP contribution in [-0.2, 0) is 10.0 Å². The minimum absolute atomic E-state index is 0.0168. The van der Waals surface area contributed by atoms with Crippen LogP contribution in [0.3, 0.4) is 0 Å². The highest BCUT2D eigenvalue weighted by Crippen LogP contribution is 2.29. The van der Waals surface area contributed by atoms with Crippen molar-refractivity contribution >= 4 is 56.0 Å². The van der Waals surface area contributed by atoms with Gasteiger partial charge in [0.2, 0.25) is 0 Å². The molecule has 3 aromatic rings. The molecule has 29 heavy (non-hydrogen) atoms. The van der Waals surface area contributed by atoms with Gasteiger partial charge in [0.1, 0.15) is 15.9 Å². The highest BCUT2D eigenvalue weighted by Gasteiger charge is 2.26. The molecule has 1 saturated heterocycles. The first-order chi connectivity index (χ1) is 13.9. The smallest absolute Gasteiger partial charge is 0.264 e. The van der Waals surface area contributed by atoms with Crippen molar-refractivity contribution in [3.63, 3.8) is 0 Å². The fraction of sp³-hybridized carbons (Fsp3) is 0.316. The zero-order chi connectivity index (χ0) is 20.6. The van der Waals surface area contributed by atoms with Crippen molar-refractivity contribution in [3.05, 3.63) is 46.5 Å². The Kier molecular flexibility index (Phi) is 5.46. The van der Waals surface area contributed by atoms with E-state index in [2.05, 4.69) is 13.5 Å². The van der Waals surface area contributed by atoms with E-state index in [0.717, 1.165) is 36.6 Å². The number of nitrogens with zero attached hydrogens (tertiary/aromatic N) is 3. The molecule has 0 spiro atoms. The summed E-state index contributed by atoms with van der Waals surface area (Å²) in [7, 11) is -4.01. The molecule has 7 nitrogen and oxygen atoms in total. The predicted octanol–water partition coefficient (Wildman–Crippen LogP) is 4.08. The molecule has 2 aromatic carbocycles. The Balaban J connectivity index is 1.73. The second kappa shape index (κ2) is 7.89. The van der Waals surface area contributed by atoms with Crippen LogP contribution in [0.4, 0.5) is 5.69 Å². The lowest BCUT2D eigenvalue weighted by Gasteiger charge is -2.27. The fourth-order valence-corrected chi connectivity index (χ4v) is 5.50. The van der Waals surface area contributed by atoms with Gasteiger partial charge in [0.15, 0.2) is 0 Å². The zero-order valence-corrected chi connectivity index (χ0v) is 18.1. The summed E-state index contributed by atoms with van der Waals surface area (Å²) in [6.45, 7) is 3.17. The van der Waals surface area contributed by atoms with Gasteiger partial charge >= 0.3 is 0 Å². The number of aromatic nitrogens is 2. The summed E-state index contributed by atoms with van der Waals surface area (Å²) in [5.41, 5.74) is 2.14. The lowest BCUT2D eigenvalue weighted by atomic mass is 10.1. The Labute approximate surface area is 178 Å². The van der Waals surface area contributed by atoms with Gasteiger partial charge in [-0.15, -0.1) is 0 Å². The lowest BCUT2D eigenvalue weighted by molar-refractivity contribution is 0.0725. The number of rotatable bonds is 4. The third-order valence-electron chi connectivity index (χ3n) is 4.97. The van der Waals surface area contributed by atoms with Gasteiger partial charge < -0.3 is 4.90 Å². The molecular formula is C19H19ClN4O3S2. The molecule has 1 fully saturated rings. The maximum atomic E-state index is 13.1. The number of fused-ring (bicyclic) bond motifs is 1. The Morgan fingerprint density at radius 2 is 1.83 bits per heavy atom. The van der Waals surface area contributed by atoms with Gasteiger partial charge in [-0.3, -0.25) is 9.52 Å². The highest BCUT2D eigenvalue weighted by atomic mass is 35.5. The summed E-state index contributed by atoms with van der Waals surface area (Å²) < 4.78 is 37.2. The quantitative estimate of drug-likeness (QED) is 0.646. The molecule has 1 aliphatic rings. The normalized spacial score (nSPS) is 14.9. The van der Waals surface area contributed by atoms with Crippen molar-refractivity contribution in [1.29, 1.82) is 0 Å². The monoisotopic (exact) mass is 450 g/mol. The third-order valence-corrected chi connectivity index (χ3v) is 7.13. The van der Waals surface area contributed by atoms with E-state index >= 15 is 0 Å². The van der Waals surface area contributed by atoms with Crippen LogP contribution in [-0.4, -0.2) is 41.1 Å². The number of amides is 1. The van der Waals surface area contributed by atoms with Crippen LogP contribution in [0.25, 0.3) is 11.0 Å². The van der Waals surface area contributed by atoms with E-state index in [1.807, 2.05) is 6.92 Å². The maximum absolute atomic E-state index is 13.1. The van der Waals surface area contributed by atoms with Gasteiger partial charge in [0, 0.05) is 18.1 Å². The molecule has 1 aromatic heterocycles. The first kappa shape index (κ1) is 20.1. The van der Waals surface area contributed by atoms with Gasteiger partial charge in [0.25, 0.3) is 15.9 Å². The molecule has 0 radical (unpaired) electrons. The number of benzene rings is 2. The van der Waals surface area contributed by atoms with Gasteiger partial charge in [-0.25, -0.2) is 8.42 Å². The topological polar surface area (TPSA) is 92.3 Å². The summed E-state index contributed by atoms with van der Waals surface area (Å²) in [5.74, 6) is -0.205. The number of anilines is 1. The average Bonchev–Trinajstić information content (AvgIpc) is 3.19. The van der Waals surface area contributed by atoms with Crippen molar-refractivity contribution in [2.75, 3.05) is 17.8 Å². The zero-order valence-electron chi connectivity index (χ0n) is 15.7. The number of carbonyl (C=O) groups is 1. The molecule has 4 rings (SSSR count). The van der Waals surface area contributed by atoms with Crippen LogP contribution in [0.1, 0.15) is 35.2 Å². The molecule has 152 valence electrons. The van der Waals surface area contributed by atoms with Crippen molar-refractivity contribution in [2.45, 2.75) is 31.1 Å². The number of nitrogens with one attached hydrogen (secondary N) is 1. The van der Waals surface area contributed by atoms with Crippen LogP contribution < -0.4 is 4.72 Å². The predicted molar refractivity (Wildman–Crippen MR) is 114 cm³/mol. The minimum Gasteiger partial charge on any atom is -0.339 e. The van der Waals surface area contributed by atoms with Gasteiger partial charge in [-0.2, -0.15) is 8.75 Å². The first-order valence-electron chi connectivity index (χ1n) is 9.20. The molecule has 10 heteroatoms. The van der Waals surface area contributed by atoms with E-state index in [-0.39, 0.29) is 22.1 Å². The molecule has 0 atom stereocenters. The molecule has 2 heterocycles. The highest BCUT2D eigenvalue weighted by molar-refractivity contribution is 7.93. The largest absolute Gasteiger partial charge is 0.339 e. The number of halogens is 1. The number of hydrogen-bond acceptors (Lipinski definition) is 6. The van der Waals surface area contributed by atoms with Crippen LogP contribution in [0.2, 0.25) is 5.02 Å². The Morgan fingerprint density at radius 3 is 2.59 bits per heavy atom. The second-order valence-corrected chi connectivity index (χ2v) is 9.61. The van der Waals surface area contributed by atoms with Crippen LogP contribution in [0.15, 0.2) is 35.2 Å². The number of aryl methyl sites for hydroxylation is 1. The summed E-state index contributed by atoms with van der Waals surface area (Å²) in [6.07, 6.45) is 2.98. The van der Waals surface area contributed by atoms with E-state index in [1.54, 1.807) is 23.1 Å². The number of sulfonamides is 1. The number of hydrogen-bond donors (Lipinski definition) is 1. The number of likely N-dealkylation sites (tertiary alicyclic amines) is 1. The molecule has 1 aliphatic heterocycles. The molecule has 0 saturated carbocycles. The fourth-order valence-electron chi connectivity index (χ4n) is 3.44. The van der Waals surface area contributed by atoms with E-state index in [0.29, 0.717) is 29.1 Å². The Bertz CT molecular complexity index is 1190. The molecular weight excluding hydrogens is 432 g/mol. The van der Waals surface area contributed by atoms with E-state index in [1.165, 1.54) is 12.1 Å². The van der Waals surface area contributed by atoms with E-state index in [9.17, 15) is 13.2 Å². The minimum atomic E-state index is -4.01. The molecule has 1 N–H and O–H groups in total. The van der Waals surface area contributed by atoms with Gasteiger partial charge in [-0.05, 0) is 56.0 Å². The maximum Gasteiger partial charge on any atom is 0.264 e. The van der Waals surface area contributed by atoms with Crippen LogP contribution in [0, 0.1) is 6.92 Å². The van der Waals surface area contributed by atoms with Gasteiger partial charge in [-0.1, -0.05) is 17.7 Å². The molecule has 0 unspecified atom stereocenters. The number of piperidine rings is 1.